The number of hydrogen-bond donors (Lipinski definition) is 3. The molecule has 1 heterocycles. The Bertz CT molecular complexity index is 1400. The number of nitrogens with zero attached hydrogens (tertiary/aromatic N) is 1. The molecule has 0 saturated heterocycles. The zero-order chi connectivity index (χ0) is 28.7. The number of aryl methyl sites for hydroxylation is 1. The third kappa shape index (κ3) is 7.67. The summed E-state index contributed by atoms with van der Waals surface area (Å²) in [5.41, 5.74) is 5.10. The van der Waals surface area contributed by atoms with Crippen LogP contribution in [0.1, 0.15) is 38.3 Å². The van der Waals surface area contributed by atoms with Gasteiger partial charge in [0.15, 0.2) is 0 Å². The Kier molecular flexibility index (Phi) is 9.08. The fraction of sp³-hybridized carbons (Fsp3) is 0.179. The van der Waals surface area contributed by atoms with E-state index < -0.39 is 29.8 Å². The van der Waals surface area contributed by atoms with E-state index in [1.165, 1.54) is 47.0 Å². The van der Waals surface area contributed by atoms with Crippen molar-refractivity contribution in [1.29, 1.82) is 0 Å². The van der Waals surface area contributed by atoms with Gasteiger partial charge in [0.2, 0.25) is 0 Å². The fourth-order valence-corrected chi connectivity index (χ4v) is 3.93. The van der Waals surface area contributed by atoms with E-state index in [2.05, 4.69) is 30.4 Å². The highest BCUT2D eigenvalue weighted by atomic mass is 19.4. The smallest absolute Gasteiger partial charge is 0.478 e. The molecule has 0 fully saturated rings. The predicted molar refractivity (Wildman–Crippen MR) is 137 cm³/mol. The molecule has 0 bridgehead atoms. The Morgan fingerprint density at radius 1 is 0.949 bits per heavy atom. The summed E-state index contributed by atoms with van der Waals surface area (Å²) in [4.78, 5) is 35.3. The summed E-state index contributed by atoms with van der Waals surface area (Å²) in [6.45, 7) is 3.39. The van der Waals surface area contributed by atoms with Crippen molar-refractivity contribution in [2.75, 3.05) is 23.3 Å². The molecule has 0 spiro atoms. The number of carboxylic acids is 2. The van der Waals surface area contributed by atoms with Crippen molar-refractivity contribution in [1.82, 2.24) is 0 Å². The first-order chi connectivity index (χ1) is 18.4. The summed E-state index contributed by atoms with van der Waals surface area (Å²) in [7, 11) is 0. The van der Waals surface area contributed by atoms with Gasteiger partial charge in [-0.05, 0) is 72.5 Å². The third-order valence-corrected chi connectivity index (χ3v) is 5.87. The van der Waals surface area contributed by atoms with E-state index in [9.17, 15) is 32.3 Å². The van der Waals surface area contributed by atoms with Crippen molar-refractivity contribution in [2.24, 2.45) is 0 Å². The van der Waals surface area contributed by atoms with Crippen molar-refractivity contribution >= 4 is 34.8 Å². The second-order valence-electron chi connectivity index (χ2n) is 8.54. The highest BCUT2D eigenvalue weighted by Crippen LogP contribution is 2.31. The van der Waals surface area contributed by atoms with Gasteiger partial charge in [0, 0.05) is 24.3 Å². The number of hydrogen-bond acceptors (Lipinski definition) is 4. The van der Waals surface area contributed by atoms with Crippen molar-refractivity contribution in [3.8, 4) is 0 Å². The molecular weight excluding hydrogens is 520 g/mol. The molecule has 11 heteroatoms. The summed E-state index contributed by atoms with van der Waals surface area (Å²) in [6, 6.07) is 18.3. The maximum absolute atomic E-state index is 13.1. The van der Waals surface area contributed by atoms with E-state index >= 15 is 0 Å². The van der Waals surface area contributed by atoms with Crippen LogP contribution in [-0.2, 0) is 4.79 Å². The van der Waals surface area contributed by atoms with Gasteiger partial charge < -0.3 is 20.4 Å². The lowest BCUT2D eigenvalue weighted by Crippen LogP contribution is -2.30. The van der Waals surface area contributed by atoms with Gasteiger partial charge in [-0.15, -0.1) is 0 Å². The average molecular weight is 545 g/mol. The van der Waals surface area contributed by atoms with E-state index in [0.29, 0.717) is 24.5 Å². The van der Waals surface area contributed by atoms with Gasteiger partial charge in [-0.3, -0.25) is 4.79 Å². The average Bonchev–Trinajstić information content (AvgIpc) is 2.89. The molecule has 7 nitrogen and oxygen atoms in total. The molecular formula is C28H24F4N2O5. The lowest BCUT2D eigenvalue weighted by atomic mass is 9.95. The molecule has 0 atom stereocenters. The van der Waals surface area contributed by atoms with Crippen molar-refractivity contribution in [3.05, 3.63) is 101 Å². The van der Waals surface area contributed by atoms with Crippen LogP contribution in [0.25, 0.3) is 5.57 Å². The molecule has 1 amide bonds. The molecule has 4 rings (SSSR count). The summed E-state index contributed by atoms with van der Waals surface area (Å²) < 4.78 is 44.8. The largest absolute Gasteiger partial charge is 0.490 e. The number of carbonyl (C=O) groups excluding carboxylic acids is 1. The number of benzene rings is 3. The van der Waals surface area contributed by atoms with Crippen LogP contribution in [0.4, 0.5) is 28.9 Å². The molecule has 204 valence electrons. The molecule has 0 aliphatic carbocycles. The van der Waals surface area contributed by atoms with E-state index in [4.69, 9.17) is 9.90 Å². The number of alkyl halides is 3. The summed E-state index contributed by atoms with van der Waals surface area (Å²) >= 11 is 0. The SMILES string of the molecule is Cc1ccccc1C1=CCN(c2ccc(NC(=O)c3ccc(F)cc3)cc2C(=O)O)CC1.O=C(O)C(F)(F)F. The molecule has 0 radical (unpaired) electrons. The normalized spacial score (nSPS) is 13.1. The number of amides is 1. The van der Waals surface area contributed by atoms with Gasteiger partial charge in [0.1, 0.15) is 5.82 Å². The van der Waals surface area contributed by atoms with Crippen LogP contribution < -0.4 is 10.2 Å². The van der Waals surface area contributed by atoms with E-state index in [1.54, 1.807) is 12.1 Å². The topological polar surface area (TPSA) is 107 Å². The molecule has 3 aromatic rings. The zero-order valence-corrected chi connectivity index (χ0v) is 20.6. The monoisotopic (exact) mass is 544 g/mol. The van der Waals surface area contributed by atoms with Crippen LogP contribution in [0.2, 0.25) is 0 Å². The predicted octanol–water partition coefficient (Wildman–Crippen LogP) is 6.01. The minimum atomic E-state index is -5.08. The lowest BCUT2D eigenvalue weighted by Gasteiger charge is -2.30. The van der Waals surface area contributed by atoms with E-state index in [-0.39, 0.29) is 11.1 Å². The van der Waals surface area contributed by atoms with Crippen molar-refractivity contribution in [2.45, 2.75) is 19.5 Å². The molecule has 3 N–H and O–H groups in total. The first kappa shape index (κ1) is 28.9. The maximum atomic E-state index is 13.1. The number of halogens is 4. The Morgan fingerprint density at radius 2 is 1.59 bits per heavy atom. The standard InChI is InChI=1S/C26H23FN2O3.C2HF3O2/c1-17-4-2-3-5-22(17)18-12-14-29(15-13-18)24-11-10-21(16-23(24)26(31)32)28-25(30)19-6-8-20(27)9-7-19;3-2(4,5)1(6)7/h2-12,16H,13-15H2,1H3,(H,28,30)(H,31,32);(H,6,7). The Labute approximate surface area is 221 Å². The quantitative estimate of drug-likeness (QED) is 0.340. The van der Waals surface area contributed by atoms with Crippen LogP contribution >= 0.6 is 0 Å². The summed E-state index contributed by atoms with van der Waals surface area (Å²) in [5.74, 6) is -4.68. The number of anilines is 2. The molecule has 0 aromatic heterocycles. The number of carbonyl (C=O) groups is 3. The van der Waals surface area contributed by atoms with Gasteiger partial charge in [-0.1, -0.05) is 30.3 Å². The fourth-order valence-electron chi connectivity index (χ4n) is 3.93. The summed E-state index contributed by atoms with van der Waals surface area (Å²) in [6.07, 6.45) is -2.13. The number of carboxylic acid groups (broad SMARTS) is 2. The summed E-state index contributed by atoms with van der Waals surface area (Å²) in [5, 5.41) is 19.6. The third-order valence-electron chi connectivity index (χ3n) is 5.87. The van der Waals surface area contributed by atoms with Crippen LogP contribution in [0.5, 0.6) is 0 Å². The number of aliphatic carboxylic acids is 1. The second-order valence-corrected chi connectivity index (χ2v) is 8.54. The Balaban J connectivity index is 0.000000532. The minimum absolute atomic E-state index is 0.120. The van der Waals surface area contributed by atoms with Crippen LogP contribution in [0, 0.1) is 12.7 Å². The minimum Gasteiger partial charge on any atom is -0.478 e. The molecule has 39 heavy (non-hydrogen) atoms. The van der Waals surface area contributed by atoms with Gasteiger partial charge in [0.25, 0.3) is 5.91 Å². The molecule has 3 aromatic carbocycles. The first-order valence-corrected chi connectivity index (χ1v) is 11.6. The molecule has 0 unspecified atom stereocenters. The highest BCUT2D eigenvalue weighted by Gasteiger charge is 2.38. The Hall–Kier alpha value is -4.67. The number of aromatic carboxylic acids is 1. The zero-order valence-electron chi connectivity index (χ0n) is 20.6. The van der Waals surface area contributed by atoms with Crippen LogP contribution in [0.15, 0.2) is 72.8 Å². The van der Waals surface area contributed by atoms with Gasteiger partial charge >= 0.3 is 18.1 Å². The Morgan fingerprint density at radius 3 is 2.13 bits per heavy atom. The van der Waals surface area contributed by atoms with Crippen molar-refractivity contribution in [3.63, 3.8) is 0 Å². The molecule has 1 aliphatic rings. The second kappa shape index (κ2) is 12.2. The maximum Gasteiger partial charge on any atom is 0.490 e. The number of nitrogens with one attached hydrogen (secondary N) is 1. The van der Waals surface area contributed by atoms with E-state index in [1.807, 2.05) is 17.0 Å². The van der Waals surface area contributed by atoms with Crippen LogP contribution in [-0.4, -0.2) is 47.3 Å². The van der Waals surface area contributed by atoms with E-state index in [0.717, 1.165) is 6.42 Å². The molecule has 1 aliphatic heterocycles. The van der Waals surface area contributed by atoms with Gasteiger partial charge in [-0.2, -0.15) is 13.2 Å². The lowest BCUT2D eigenvalue weighted by molar-refractivity contribution is -0.192. The first-order valence-electron chi connectivity index (χ1n) is 11.6. The number of rotatable bonds is 5. The van der Waals surface area contributed by atoms with Gasteiger partial charge in [0.05, 0.1) is 11.3 Å². The van der Waals surface area contributed by atoms with Crippen LogP contribution in [0.3, 0.4) is 0 Å². The molecule has 0 saturated carbocycles. The highest BCUT2D eigenvalue weighted by molar-refractivity contribution is 6.05. The van der Waals surface area contributed by atoms with Crippen molar-refractivity contribution < 1.29 is 42.2 Å². The van der Waals surface area contributed by atoms with Gasteiger partial charge in [-0.25, -0.2) is 14.0 Å².